The third kappa shape index (κ3) is 2.66. The molecule has 1 saturated heterocycles. The molecule has 3 heteroatoms. The molecule has 1 aliphatic heterocycles. The lowest BCUT2D eigenvalue weighted by atomic mass is 9.95. The molecule has 1 heterocycles. The van der Waals surface area contributed by atoms with Crippen LogP contribution >= 0.6 is 0 Å². The monoisotopic (exact) mass is 188 g/mol. The minimum Gasteiger partial charge on any atom is -0.333 e. The van der Waals surface area contributed by atoms with Crippen LogP contribution in [0.5, 0.6) is 0 Å². The molecule has 13 heavy (non-hydrogen) atoms. The van der Waals surface area contributed by atoms with Crippen LogP contribution in [0.1, 0.15) is 39.5 Å². The molecule has 0 amide bonds. The summed E-state index contributed by atoms with van der Waals surface area (Å²) in [6.45, 7) is 3.60. The predicted octanol–water partition coefficient (Wildman–Crippen LogP) is 2.30. The summed E-state index contributed by atoms with van der Waals surface area (Å²) in [5, 5.41) is 0. The molecule has 2 rings (SSSR count). The van der Waals surface area contributed by atoms with Crippen LogP contribution in [-0.4, -0.2) is 25.8 Å². The highest BCUT2D eigenvalue weighted by Crippen LogP contribution is 2.31. The zero-order valence-electron chi connectivity index (χ0n) is 8.79. The Morgan fingerprint density at radius 3 is 1.85 bits per heavy atom. The maximum absolute atomic E-state index is 5.47. The second kappa shape index (κ2) is 5.58. The van der Waals surface area contributed by atoms with Gasteiger partial charge in [0, 0.05) is 7.11 Å². The average molecular weight is 188 g/mol. The number of hydrogen-bond acceptors (Lipinski definition) is 3. The second-order valence-electron chi connectivity index (χ2n) is 3.16. The highest BCUT2D eigenvalue weighted by molar-refractivity contribution is 4.79. The van der Waals surface area contributed by atoms with Crippen molar-refractivity contribution in [2.75, 3.05) is 7.11 Å². The van der Waals surface area contributed by atoms with Gasteiger partial charge in [0.25, 0.3) is 6.48 Å². The van der Waals surface area contributed by atoms with Gasteiger partial charge in [0.05, 0.1) is 12.2 Å². The van der Waals surface area contributed by atoms with Gasteiger partial charge >= 0.3 is 0 Å². The van der Waals surface area contributed by atoms with Crippen molar-refractivity contribution in [3.8, 4) is 0 Å². The Morgan fingerprint density at radius 1 is 1.00 bits per heavy atom. The molecule has 0 aromatic heterocycles. The van der Waals surface area contributed by atoms with Gasteiger partial charge in [0.15, 0.2) is 0 Å². The van der Waals surface area contributed by atoms with Crippen molar-refractivity contribution in [3.63, 3.8) is 0 Å². The number of rotatable bonds is 1. The van der Waals surface area contributed by atoms with E-state index in [0.717, 1.165) is 12.8 Å². The standard InChI is InChI=1S/C8H14O3.C2H6/c1-9-8-10-6-4-2-3-5-7(6)11-8;1-2/h6-8H,2-5H2,1H3;1-2H3. The van der Waals surface area contributed by atoms with Crippen LogP contribution in [0.4, 0.5) is 0 Å². The van der Waals surface area contributed by atoms with Crippen molar-refractivity contribution in [3.05, 3.63) is 0 Å². The van der Waals surface area contributed by atoms with Gasteiger partial charge in [-0.15, -0.1) is 0 Å². The number of fused-ring (bicyclic) bond motifs is 1. The first-order valence-corrected chi connectivity index (χ1v) is 5.24. The zero-order valence-corrected chi connectivity index (χ0v) is 8.79. The largest absolute Gasteiger partial charge is 0.333 e. The van der Waals surface area contributed by atoms with Gasteiger partial charge in [0.2, 0.25) is 0 Å². The van der Waals surface area contributed by atoms with E-state index in [4.69, 9.17) is 14.2 Å². The van der Waals surface area contributed by atoms with E-state index >= 15 is 0 Å². The Kier molecular flexibility index (Phi) is 4.70. The van der Waals surface area contributed by atoms with Crippen LogP contribution in [0.3, 0.4) is 0 Å². The van der Waals surface area contributed by atoms with Gasteiger partial charge in [0.1, 0.15) is 0 Å². The lowest BCUT2D eigenvalue weighted by molar-refractivity contribution is -0.227. The van der Waals surface area contributed by atoms with Crippen LogP contribution in [0.2, 0.25) is 0 Å². The van der Waals surface area contributed by atoms with Crippen LogP contribution in [0.15, 0.2) is 0 Å². The molecular weight excluding hydrogens is 168 g/mol. The molecule has 0 radical (unpaired) electrons. The minimum absolute atomic E-state index is 0.300. The fourth-order valence-corrected chi connectivity index (χ4v) is 1.80. The van der Waals surface area contributed by atoms with E-state index in [0.29, 0.717) is 12.2 Å². The third-order valence-electron chi connectivity index (χ3n) is 2.41. The highest BCUT2D eigenvalue weighted by Gasteiger charge is 2.37. The van der Waals surface area contributed by atoms with Crippen molar-refractivity contribution in [1.29, 1.82) is 0 Å². The molecule has 78 valence electrons. The summed E-state index contributed by atoms with van der Waals surface area (Å²) in [6, 6.07) is 0. The molecule has 0 aromatic rings. The van der Waals surface area contributed by atoms with Crippen molar-refractivity contribution >= 4 is 0 Å². The summed E-state index contributed by atoms with van der Waals surface area (Å²) >= 11 is 0. The summed E-state index contributed by atoms with van der Waals surface area (Å²) < 4.78 is 15.9. The van der Waals surface area contributed by atoms with E-state index in [9.17, 15) is 0 Å². The molecular formula is C10H20O3. The summed E-state index contributed by atoms with van der Waals surface area (Å²) in [4.78, 5) is 0. The summed E-state index contributed by atoms with van der Waals surface area (Å²) in [5.41, 5.74) is 0. The smallest absolute Gasteiger partial charge is 0.272 e. The van der Waals surface area contributed by atoms with Crippen LogP contribution < -0.4 is 0 Å². The Bertz CT molecular complexity index is 124. The molecule has 1 aliphatic carbocycles. The van der Waals surface area contributed by atoms with Gasteiger partial charge in [-0.1, -0.05) is 26.7 Å². The summed E-state index contributed by atoms with van der Waals surface area (Å²) in [7, 11) is 1.61. The predicted molar refractivity (Wildman–Crippen MR) is 50.4 cm³/mol. The van der Waals surface area contributed by atoms with E-state index in [1.807, 2.05) is 13.8 Å². The van der Waals surface area contributed by atoms with Gasteiger partial charge in [-0.05, 0) is 12.8 Å². The van der Waals surface area contributed by atoms with E-state index in [1.165, 1.54) is 12.8 Å². The van der Waals surface area contributed by atoms with Gasteiger partial charge < -0.3 is 14.2 Å². The fraction of sp³-hybridized carbons (Fsp3) is 1.00. The fourth-order valence-electron chi connectivity index (χ4n) is 1.80. The summed E-state index contributed by atoms with van der Waals surface area (Å²) in [5.74, 6) is 0. The van der Waals surface area contributed by atoms with E-state index in [1.54, 1.807) is 7.11 Å². The lowest BCUT2D eigenvalue weighted by Gasteiger charge is -2.20. The minimum atomic E-state index is -0.400. The summed E-state index contributed by atoms with van der Waals surface area (Å²) in [6.07, 6.45) is 5.39. The highest BCUT2D eigenvalue weighted by atomic mass is 16.9. The molecule has 2 aliphatic rings. The quantitative estimate of drug-likeness (QED) is 0.632. The Hall–Kier alpha value is -0.120. The molecule has 2 unspecified atom stereocenters. The van der Waals surface area contributed by atoms with Crippen molar-refractivity contribution < 1.29 is 14.2 Å². The molecule has 0 aromatic carbocycles. The van der Waals surface area contributed by atoms with Crippen molar-refractivity contribution in [2.24, 2.45) is 0 Å². The van der Waals surface area contributed by atoms with Gasteiger partial charge in [-0.3, -0.25) is 0 Å². The average Bonchev–Trinajstić information content (AvgIpc) is 2.63. The van der Waals surface area contributed by atoms with Crippen LogP contribution in [0.25, 0.3) is 0 Å². The van der Waals surface area contributed by atoms with Crippen molar-refractivity contribution in [2.45, 2.75) is 58.2 Å². The molecule has 1 saturated carbocycles. The molecule has 0 N–H and O–H groups in total. The lowest BCUT2D eigenvalue weighted by Crippen LogP contribution is -2.25. The van der Waals surface area contributed by atoms with Gasteiger partial charge in [-0.25, -0.2) is 0 Å². The Labute approximate surface area is 80.4 Å². The van der Waals surface area contributed by atoms with E-state index in [2.05, 4.69) is 0 Å². The molecule has 3 nitrogen and oxygen atoms in total. The third-order valence-corrected chi connectivity index (χ3v) is 2.41. The van der Waals surface area contributed by atoms with Crippen LogP contribution in [0, 0.1) is 0 Å². The first kappa shape index (κ1) is 11.0. The number of ether oxygens (including phenoxy) is 3. The van der Waals surface area contributed by atoms with Gasteiger partial charge in [-0.2, -0.15) is 0 Å². The molecule has 2 fully saturated rings. The normalized spacial score (nSPS) is 37.6. The number of hydrogen-bond donors (Lipinski definition) is 0. The van der Waals surface area contributed by atoms with E-state index in [-0.39, 0.29) is 0 Å². The SMILES string of the molecule is CC.COC1OC2CCCCC2O1. The maximum atomic E-state index is 5.47. The maximum Gasteiger partial charge on any atom is 0.272 e. The Balaban J connectivity index is 0.000000396. The molecule has 2 atom stereocenters. The molecule has 0 bridgehead atoms. The topological polar surface area (TPSA) is 27.7 Å². The Morgan fingerprint density at radius 2 is 1.46 bits per heavy atom. The second-order valence-corrected chi connectivity index (χ2v) is 3.16. The van der Waals surface area contributed by atoms with Crippen molar-refractivity contribution in [1.82, 2.24) is 0 Å². The first-order chi connectivity index (χ1) is 6.40. The number of methoxy groups -OCH3 is 1. The van der Waals surface area contributed by atoms with E-state index < -0.39 is 6.48 Å². The zero-order chi connectivity index (χ0) is 9.68. The molecule has 0 spiro atoms. The first-order valence-electron chi connectivity index (χ1n) is 5.24. The van der Waals surface area contributed by atoms with Crippen LogP contribution in [-0.2, 0) is 14.2 Å².